The lowest BCUT2D eigenvalue weighted by atomic mass is 9.98. The summed E-state index contributed by atoms with van der Waals surface area (Å²) in [6, 6.07) is 21.4. The lowest BCUT2D eigenvalue weighted by Gasteiger charge is -2.21. The summed E-state index contributed by atoms with van der Waals surface area (Å²) in [5, 5.41) is 11.4. The predicted octanol–water partition coefficient (Wildman–Crippen LogP) is 5.02. The van der Waals surface area contributed by atoms with E-state index in [0.29, 0.717) is 6.42 Å². The average Bonchev–Trinajstić information content (AvgIpc) is 3.52. The maximum atomic E-state index is 12.7. The van der Waals surface area contributed by atoms with Crippen molar-refractivity contribution in [3.63, 3.8) is 0 Å². The van der Waals surface area contributed by atoms with Gasteiger partial charge in [-0.3, -0.25) is 0 Å². The fraction of sp³-hybridized carbons (Fsp3) is 0.167. The fourth-order valence-corrected chi connectivity index (χ4v) is 5.60. The summed E-state index contributed by atoms with van der Waals surface area (Å²) < 4.78 is 28.5. The molecule has 2 aromatic heterocycles. The molecule has 0 spiro atoms. The van der Waals surface area contributed by atoms with E-state index in [4.69, 9.17) is 5.10 Å². The van der Waals surface area contributed by atoms with E-state index < -0.39 is 16.1 Å². The Morgan fingerprint density at radius 2 is 1.84 bits per heavy atom. The second kappa shape index (κ2) is 8.03. The Morgan fingerprint density at radius 1 is 1.03 bits per heavy atom. The van der Waals surface area contributed by atoms with Crippen LogP contribution in [0.2, 0.25) is 0 Å². The van der Waals surface area contributed by atoms with Gasteiger partial charge in [-0.25, -0.2) is 13.1 Å². The highest BCUT2D eigenvalue weighted by Crippen LogP contribution is 2.40. The number of aromatic nitrogens is 2. The number of benzene rings is 2. The van der Waals surface area contributed by atoms with Gasteiger partial charge in [-0.2, -0.15) is 14.6 Å². The second-order valence-electron chi connectivity index (χ2n) is 7.86. The van der Waals surface area contributed by atoms with Gasteiger partial charge in [-0.1, -0.05) is 48.0 Å². The summed E-state index contributed by atoms with van der Waals surface area (Å²) in [7, 11) is -3.57. The number of rotatable bonds is 5. The van der Waals surface area contributed by atoms with E-state index in [-0.39, 0.29) is 0 Å². The number of hydrogen-bond donors (Lipinski definition) is 0. The van der Waals surface area contributed by atoms with Crippen LogP contribution in [-0.4, -0.2) is 34.6 Å². The van der Waals surface area contributed by atoms with E-state index >= 15 is 0 Å². The molecule has 1 unspecified atom stereocenters. The van der Waals surface area contributed by atoms with Gasteiger partial charge in [0.1, 0.15) is 0 Å². The molecule has 1 atom stereocenters. The summed E-state index contributed by atoms with van der Waals surface area (Å²) in [4.78, 5) is 0.980. The molecule has 3 heterocycles. The topological polar surface area (TPSA) is 67.6 Å². The van der Waals surface area contributed by atoms with Crippen molar-refractivity contribution in [1.82, 2.24) is 14.2 Å². The molecule has 162 valence electrons. The zero-order valence-corrected chi connectivity index (χ0v) is 19.3. The fourth-order valence-electron chi connectivity index (χ4n) is 3.98. The molecule has 1 aliphatic heterocycles. The SMILES string of the molecule is Cc1cccc(-c2nn(-c3ccccc3)cc2C2CC(c3cccs3)=NN2S(C)(=O)=O)c1. The summed E-state index contributed by atoms with van der Waals surface area (Å²) in [5.74, 6) is 0. The highest BCUT2D eigenvalue weighted by Gasteiger charge is 2.37. The van der Waals surface area contributed by atoms with E-state index in [1.54, 1.807) is 11.3 Å². The number of thiophene rings is 1. The second-order valence-corrected chi connectivity index (χ2v) is 10.6. The number of aryl methyl sites for hydroxylation is 1. The van der Waals surface area contributed by atoms with Gasteiger partial charge >= 0.3 is 0 Å². The maximum absolute atomic E-state index is 12.7. The van der Waals surface area contributed by atoms with Crippen molar-refractivity contribution in [1.29, 1.82) is 0 Å². The molecule has 2 aromatic carbocycles. The molecule has 32 heavy (non-hydrogen) atoms. The van der Waals surface area contributed by atoms with Gasteiger partial charge in [0, 0.05) is 23.7 Å². The van der Waals surface area contributed by atoms with Gasteiger partial charge < -0.3 is 0 Å². The third-order valence-electron chi connectivity index (χ3n) is 5.43. The lowest BCUT2D eigenvalue weighted by molar-refractivity contribution is 0.375. The minimum Gasteiger partial charge on any atom is -0.240 e. The van der Waals surface area contributed by atoms with Crippen molar-refractivity contribution in [3.8, 4) is 16.9 Å². The Morgan fingerprint density at radius 3 is 2.53 bits per heavy atom. The highest BCUT2D eigenvalue weighted by molar-refractivity contribution is 7.88. The number of sulfonamides is 1. The van der Waals surface area contributed by atoms with Crippen molar-refractivity contribution < 1.29 is 8.42 Å². The molecule has 0 bridgehead atoms. The molecule has 5 rings (SSSR count). The van der Waals surface area contributed by atoms with Gasteiger partial charge in [-0.05, 0) is 36.6 Å². The van der Waals surface area contributed by atoms with Gasteiger partial charge in [0.2, 0.25) is 10.0 Å². The van der Waals surface area contributed by atoms with Gasteiger partial charge in [0.15, 0.2) is 0 Å². The van der Waals surface area contributed by atoms with E-state index in [1.807, 2.05) is 83.8 Å². The van der Waals surface area contributed by atoms with Crippen LogP contribution in [0.1, 0.15) is 28.5 Å². The molecule has 8 heteroatoms. The normalized spacial score (nSPS) is 16.4. The molecule has 0 amide bonds. The Bertz CT molecular complexity index is 1390. The molecule has 0 fully saturated rings. The molecular formula is C24H22N4O2S2. The molecule has 0 N–H and O–H groups in total. The largest absolute Gasteiger partial charge is 0.247 e. The third-order valence-corrected chi connectivity index (χ3v) is 7.37. The standard InChI is InChI=1S/C24H22N4O2S2/c1-17-8-6-9-18(14-17)24-20(16-27(26-24)19-10-4-3-5-11-19)22-15-21(23-12-7-13-31-23)25-28(22)32(2,29)30/h3-14,16,22H,15H2,1-2H3. The Kier molecular flexibility index (Phi) is 5.19. The third kappa shape index (κ3) is 3.87. The monoisotopic (exact) mass is 462 g/mol. The minimum absolute atomic E-state index is 0.463. The minimum atomic E-state index is -3.57. The molecule has 6 nitrogen and oxygen atoms in total. The summed E-state index contributed by atoms with van der Waals surface area (Å²) >= 11 is 1.56. The molecule has 0 aliphatic carbocycles. The van der Waals surface area contributed by atoms with Gasteiger partial charge in [0.25, 0.3) is 0 Å². The smallest absolute Gasteiger partial charge is 0.240 e. The number of para-hydroxylation sites is 1. The van der Waals surface area contributed by atoms with E-state index in [0.717, 1.165) is 38.7 Å². The van der Waals surface area contributed by atoms with E-state index in [9.17, 15) is 8.42 Å². The van der Waals surface area contributed by atoms with E-state index in [1.165, 1.54) is 10.7 Å². The first-order valence-electron chi connectivity index (χ1n) is 10.2. The molecule has 0 saturated carbocycles. The number of nitrogens with zero attached hydrogens (tertiary/aromatic N) is 4. The first-order chi connectivity index (χ1) is 15.4. The Labute approximate surface area is 191 Å². The zero-order valence-electron chi connectivity index (χ0n) is 17.7. The van der Waals surface area contributed by atoms with Crippen molar-refractivity contribution >= 4 is 27.1 Å². The van der Waals surface area contributed by atoms with Crippen LogP contribution in [-0.2, 0) is 10.0 Å². The zero-order chi connectivity index (χ0) is 22.3. The molecule has 0 saturated heterocycles. The van der Waals surface area contributed by atoms with Crippen LogP contribution >= 0.6 is 11.3 Å². The Balaban J connectivity index is 1.67. The lowest BCUT2D eigenvalue weighted by Crippen LogP contribution is -2.26. The van der Waals surface area contributed by atoms with Crippen molar-refractivity contribution in [2.45, 2.75) is 19.4 Å². The quantitative estimate of drug-likeness (QED) is 0.418. The predicted molar refractivity (Wildman–Crippen MR) is 129 cm³/mol. The van der Waals surface area contributed by atoms with Crippen molar-refractivity contribution in [3.05, 3.63) is 94.3 Å². The average molecular weight is 463 g/mol. The first-order valence-corrected chi connectivity index (χ1v) is 13.0. The van der Waals surface area contributed by atoms with Crippen LogP contribution in [0.15, 0.2) is 83.4 Å². The van der Waals surface area contributed by atoms with Crippen LogP contribution in [0.5, 0.6) is 0 Å². The molecule has 0 radical (unpaired) electrons. The summed E-state index contributed by atoms with van der Waals surface area (Å²) in [5.41, 5.74) is 5.35. The van der Waals surface area contributed by atoms with Crippen LogP contribution in [0.4, 0.5) is 0 Å². The van der Waals surface area contributed by atoms with Crippen LogP contribution in [0.25, 0.3) is 16.9 Å². The van der Waals surface area contributed by atoms with Crippen LogP contribution in [0.3, 0.4) is 0 Å². The molecule has 4 aromatic rings. The Hall–Kier alpha value is -3.23. The maximum Gasteiger partial charge on any atom is 0.247 e. The van der Waals surface area contributed by atoms with Crippen molar-refractivity contribution in [2.75, 3.05) is 6.26 Å². The van der Waals surface area contributed by atoms with Gasteiger partial charge in [-0.15, -0.1) is 11.3 Å². The van der Waals surface area contributed by atoms with Gasteiger partial charge in [0.05, 0.1) is 34.3 Å². The van der Waals surface area contributed by atoms with E-state index in [2.05, 4.69) is 11.2 Å². The molecular weight excluding hydrogens is 440 g/mol. The van der Waals surface area contributed by atoms with Crippen LogP contribution < -0.4 is 0 Å². The summed E-state index contributed by atoms with van der Waals surface area (Å²) in [6.07, 6.45) is 3.63. The number of hydrazone groups is 1. The van der Waals surface area contributed by atoms with Crippen LogP contribution in [0, 0.1) is 6.92 Å². The number of hydrogen-bond acceptors (Lipinski definition) is 5. The van der Waals surface area contributed by atoms with Crippen molar-refractivity contribution in [2.24, 2.45) is 5.10 Å². The summed E-state index contributed by atoms with van der Waals surface area (Å²) in [6.45, 7) is 2.04. The highest BCUT2D eigenvalue weighted by atomic mass is 32.2. The molecule has 1 aliphatic rings. The first kappa shape index (κ1) is 20.7.